The molecule has 2 N–H and O–H groups in total. The Kier molecular flexibility index (Phi) is 6.07. The molecular weight excluding hydrogens is 314 g/mol. The van der Waals surface area contributed by atoms with Crippen LogP contribution in [-0.4, -0.2) is 18.0 Å². The number of ether oxygens (including phenoxy) is 1. The van der Waals surface area contributed by atoms with Gasteiger partial charge in [0.05, 0.1) is 24.6 Å². The van der Waals surface area contributed by atoms with E-state index in [-0.39, 0.29) is 0 Å². The average molecular weight is 329 g/mol. The van der Waals surface area contributed by atoms with Crippen molar-refractivity contribution in [2.45, 2.75) is 4.90 Å². The highest BCUT2D eigenvalue weighted by Gasteiger charge is 2.04. The molecule has 0 aromatic heterocycles. The number of anilines is 2. The largest absolute Gasteiger partial charge is 0.495 e. The van der Waals surface area contributed by atoms with Gasteiger partial charge in [-0.2, -0.15) is 5.26 Å². The molecule has 0 unspecified atom stereocenters. The van der Waals surface area contributed by atoms with Crippen LogP contribution in [0.15, 0.2) is 53.4 Å². The maximum Gasteiger partial charge on any atom is 0.175 e. The molecule has 0 saturated carbocycles. The third kappa shape index (κ3) is 4.65. The minimum atomic E-state index is 0.424. The first-order chi connectivity index (χ1) is 10.7. The Morgan fingerprint density at radius 2 is 2.05 bits per heavy atom. The molecule has 0 aliphatic rings. The number of rotatable bonds is 5. The summed E-state index contributed by atoms with van der Waals surface area (Å²) in [6.07, 6.45) is 0. The minimum Gasteiger partial charge on any atom is -0.495 e. The first kappa shape index (κ1) is 16.1. The van der Waals surface area contributed by atoms with Crippen LogP contribution in [0.25, 0.3) is 0 Å². The van der Waals surface area contributed by atoms with E-state index in [1.807, 2.05) is 48.5 Å². The van der Waals surface area contributed by atoms with Crippen LogP contribution >= 0.6 is 24.0 Å². The lowest BCUT2D eigenvalue weighted by molar-refractivity contribution is 0.417. The van der Waals surface area contributed by atoms with E-state index in [4.69, 9.17) is 22.2 Å². The molecule has 2 aromatic carbocycles. The molecule has 0 spiro atoms. The number of benzene rings is 2. The highest BCUT2D eigenvalue weighted by Crippen LogP contribution is 2.24. The summed E-state index contributed by atoms with van der Waals surface area (Å²) >= 11 is 6.81. The summed E-state index contributed by atoms with van der Waals surface area (Å²) in [5.74, 6) is 1.15. The Labute approximate surface area is 139 Å². The predicted molar refractivity (Wildman–Crippen MR) is 95.6 cm³/mol. The van der Waals surface area contributed by atoms with E-state index in [2.05, 4.69) is 16.7 Å². The summed E-state index contributed by atoms with van der Waals surface area (Å²) in [6, 6.07) is 17.4. The van der Waals surface area contributed by atoms with Crippen LogP contribution in [0.5, 0.6) is 5.75 Å². The van der Waals surface area contributed by atoms with Crippen LogP contribution in [0.1, 0.15) is 0 Å². The first-order valence-corrected chi connectivity index (χ1v) is 7.93. The fraction of sp³-hybridized carbons (Fsp3) is 0.125. The maximum absolute atomic E-state index is 8.63. The molecule has 0 saturated heterocycles. The van der Waals surface area contributed by atoms with Gasteiger partial charge in [-0.25, -0.2) is 0 Å². The Morgan fingerprint density at radius 1 is 1.23 bits per heavy atom. The molecule has 0 atom stereocenters. The highest BCUT2D eigenvalue weighted by atomic mass is 32.2. The summed E-state index contributed by atoms with van der Waals surface area (Å²) in [6.45, 7) is 0. The van der Waals surface area contributed by atoms with Crippen LogP contribution in [0.3, 0.4) is 0 Å². The second kappa shape index (κ2) is 8.27. The van der Waals surface area contributed by atoms with Crippen molar-refractivity contribution in [2.75, 3.05) is 23.5 Å². The van der Waals surface area contributed by atoms with Crippen molar-refractivity contribution < 1.29 is 4.74 Å². The molecule has 0 bridgehead atoms. The molecule has 6 heteroatoms. The molecule has 22 heavy (non-hydrogen) atoms. The lowest BCUT2D eigenvalue weighted by Gasteiger charge is -2.13. The van der Waals surface area contributed by atoms with Gasteiger partial charge >= 0.3 is 0 Å². The van der Waals surface area contributed by atoms with E-state index in [1.54, 1.807) is 7.11 Å². The number of methoxy groups -OCH3 is 1. The Bertz CT molecular complexity index is 698. The van der Waals surface area contributed by atoms with Gasteiger partial charge in [-0.05, 0) is 42.5 Å². The van der Waals surface area contributed by atoms with Gasteiger partial charge < -0.3 is 15.4 Å². The lowest BCUT2D eigenvalue weighted by Crippen LogP contribution is -2.19. The molecule has 0 aliphatic carbocycles. The molecule has 112 valence electrons. The van der Waals surface area contributed by atoms with Crippen molar-refractivity contribution >= 4 is 40.5 Å². The highest BCUT2D eigenvalue weighted by molar-refractivity contribution is 7.99. The number of nitriles is 1. The number of hydrogen-bond donors (Lipinski definition) is 2. The van der Waals surface area contributed by atoms with Crippen LogP contribution in [0, 0.1) is 11.3 Å². The zero-order valence-electron chi connectivity index (χ0n) is 12.0. The average Bonchev–Trinajstić information content (AvgIpc) is 2.53. The second-order valence-corrected chi connectivity index (χ2v) is 5.71. The molecule has 2 rings (SSSR count). The van der Waals surface area contributed by atoms with E-state index in [0.29, 0.717) is 10.9 Å². The molecular formula is C16H15N3OS2. The van der Waals surface area contributed by atoms with Crippen LogP contribution in [-0.2, 0) is 0 Å². The number of nitrogens with zero attached hydrogens (tertiary/aromatic N) is 1. The number of para-hydroxylation sites is 2. The number of nitrogens with one attached hydrogen (secondary N) is 2. The van der Waals surface area contributed by atoms with Gasteiger partial charge in [0.25, 0.3) is 0 Å². The molecule has 0 fully saturated rings. The summed E-state index contributed by atoms with van der Waals surface area (Å²) < 4.78 is 5.28. The summed E-state index contributed by atoms with van der Waals surface area (Å²) in [5.41, 5.74) is 1.67. The van der Waals surface area contributed by atoms with Gasteiger partial charge in [0, 0.05) is 10.6 Å². The fourth-order valence-corrected chi connectivity index (χ4v) is 2.66. The van der Waals surface area contributed by atoms with Gasteiger partial charge in [0.2, 0.25) is 0 Å². The zero-order valence-corrected chi connectivity index (χ0v) is 13.6. The summed E-state index contributed by atoms with van der Waals surface area (Å²) in [5, 5.41) is 15.3. The molecule has 2 aromatic rings. The van der Waals surface area contributed by atoms with E-state index in [9.17, 15) is 0 Å². The predicted octanol–water partition coefficient (Wildman–Crippen LogP) is 4.12. The summed E-state index contributed by atoms with van der Waals surface area (Å²) in [4.78, 5) is 1.02. The normalized spacial score (nSPS) is 9.64. The van der Waals surface area contributed by atoms with Gasteiger partial charge in [0.15, 0.2) is 5.11 Å². The lowest BCUT2D eigenvalue weighted by atomic mass is 10.3. The molecule has 4 nitrogen and oxygen atoms in total. The van der Waals surface area contributed by atoms with Crippen molar-refractivity contribution in [1.29, 1.82) is 5.26 Å². The zero-order chi connectivity index (χ0) is 15.8. The van der Waals surface area contributed by atoms with Crippen LogP contribution in [0.2, 0.25) is 0 Å². The van der Waals surface area contributed by atoms with Crippen LogP contribution < -0.4 is 15.4 Å². The van der Waals surface area contributed by atoms with E-state index in [1.165, 1.54) is 11.8 Å². The Morgan fingerprint density at radius 3 is 2.82 bits per heavy atom. The van der Waals surface area contributed by atoms with E-state index < -0.39 is 0 Å². The molecule has 0 heterocycles. The molecule has 0 radical (unpaired) electrons. The van der Waals surface area contributed by atoms with Crippen molar-refractivity contribution in [3.8, 4) is 11.8 Å². The molecule has 0 aliphatic heterocycles. The minimum absolute atomic E-state index is 0.424. The smallest absolute Gasteiger partial charge is 0.175 e. The van der Waals surface area contributed by atoms with Crippen molar-refractivity contribution in [3.05, 3.63) is 48.5 Å². The Balaban J connectivity index is 2.01. The van der Waals surface area contributed by atoms with Crippen LogP contribution in [0.4, 0.5) is 11.4 Å². The Hall–Kier alpha value is -2.23. The monoisotopic (exact) mass is 329 g/mol. The number of hydrogen-bond acceptors (Lipinski definition) is 4. The van der Waals surface area contributed by atoms with Gasteiger partial charge in [-0.15, -0.1) is 11.8 Å². The summed E-state index contributed by atoms with van der Waals surface area (Å²) in [7, 11) is 1.62. The number of thioether (sulfide) groups is 1. The third-order valence-corrected chi connectivity index (χ3v) is 3.82. The van der Waals surface area contributed by atoms with E-state index >= 15 is 0 Å². The number of thiocarbonyl (C=S) groups is 1. The second-order valence-electron chi connectivity index (χ2n) is 4.25. The van der Waals surface area contributed by atoms with Gasteiger partial charge in [-0.3, -0.25) is 0 Å². The standard InChI is InChI=1S/C16H15N3OS2/c1-20-15-8-3-2-7-14(15)19-16(21)18-12-5-4-6-13(11-12)22-10-9-17/h2-8,11H,10H2,1H3,(H2,18,19,21). The maximum atomic E-state index is 8.63. The third-order valence-electron chi connectivity index (χ3n) is 2.75. The molecule has 0 amide bonds. The SMILES string of the molecule is COc1ccccc1NC(=S)Nc1cccc(SCC#N)c1. The first-order valence-electron chi connectivity index (χ1n) is 6.54. The van der Waals surface area contributed by atoms with Crippen molar-refractivity contribution in [3.63, 3.8) is 0 Å². The fourth-order valence-electron chi connectivity index (χ4n) is 1.81. The quantitative estimate of drug-likeness (QED) is 0.636. The topological polar surface area (TPSA) is 57.1 Å². The van der Waals surface area contributed by atoms with Gasteiger partial charge in [0.1, 0.15) is 5.75 Å². The van der Waals surface area contributed by atoms with E-state index in [0.717, 1.165) is 22.0 Å². The van der Waals surface area contributed by atoms with Crippen molar-refractivity contribution in [1.82, 2.24) is 0 Å². The van der Waals surface area contributed by atoms with Gasteiger partial charge in [-0.1, -0.05) is 18.2 Å². The van der Waals surface area contributed by atoms with Crippen molar-refractivity contribution in [2.24, 2.45) is 0 Å².